The average Bonchev–Trinajstić information content (AvgIpc) is 2.85. The van der Waals surface area contributed by atoms with Crippen LogP contribution in [0.1, 0.15) is 63.1 Å². The van der Waals surface area contributed by atoms with Crippen molar-refractivity contribution < 1.29 is 18.0 Å². The molecule has 0 aliphatic heterocycles. The lowest BCUT2D eigenvalue weighted by atomic mass is 10.1. The maximum absolute atomic E-state index is 13.3. The first-order valence-electron chi connectivity index (χ1n) is 12.8. The molecular formula is C28H41N3O4S. The lowest BCUT2D eigenvalue weighted by Gasteiger charge is -2.29. The Balaban J connectivity index is 2.13. The Morgan fingerprint density at radius 2 is 1.56 bits per heavy atom. The zero-order chi connectivity index (χ0) is 26.7. The number of hydrogen-bond donors (Lipinski definition) is 1. The lowest BCUT2D eigenvalue weighted by Crippen LogP contribution is -2.48. The van der Waals surface area contributed by atoms with Gasteiger partial charge in [-0.25, -0.2) is 8.42 Å². The number of nitrogens with zero attached hydrogens (tertiary/aromatic N) is 2. The van der Waals surface area contributed by atoms with Crippen LogP contribution in [0.2, 0.25) is 0 Å². The zero-order valence-corrected chi connectivity index (χ0v) is 23.1. The summed E-state index contributed by atoms with van der Waals surface area (Å²) in [7, 11) is -3.51. The first-order chi connectivity index (χ1) is 17.1. The highest BCUT2D eigenvalue weighted by Gasteiger charge is 2.26. The molecule has 0 spiro atoms. The molecular weight excluding hydrogens is 474 g/mol. The molecule has 0 bridgehead atoms. The van der Waals surface area contributed by atoms with Crippen molar-refractivity contribution in [2.75, 3.05) is 23.7 Å². The number of sulfonamides is 1. The molecule has 2 aromatic carbocycles. The van der Waals surface area contributed by atoms with E-state index < -0.39 is 16.1 Å². The Kier molecular flexibility index (Phi) is 11.4. The van der Waals surface area contributed by atoms with Gasteiger partial charge < -0.3 is 10.2 Å². The van der Waals surface area contributed by atoms with Gasteiger partial charge in [0.2, 0.25) is 21.8 Å². The summed E-state index contributed by atoms with van der Waals surface area (Å²) in [6, 6.07) is 14.7. The number of carbonyl (C=O) groups is 2. The maximum Gasteiger partial charge on any atom is 0.242 e. The number of aryl methyl sites for hydroxylation is 2. The van der Waals surface area contributed by atoms with Crippen molar-refractivity contribution in [1.82, 2.24) is 10.2 Å². The monoisotopic (exact) mass is 515 g/mol. The van der Waals surface area contributed by atoms with E-state index in [1.54, 1.807) is 24.0 Å². The number of nitrogens with one attached hydrogen (secondary N) is 1. The third-order valence-corrected chi connectivity index (χ3v) is 7.45. The van der Waals surface area contributed by atoms with Gasteiger partial charge in [-0.3, -0.25) is 13.9 Å². The number of rotatable bonds is 14. The number of hydrogen-bond acceptors (Lipinski definition) is 4. The zero-order valence-electron chi connectivity index (χ0n) is 22.3. The first-order valence-corrected chi connectivity index (χ1v) is 14.6. The quantitative estimate of drug-likeness (QED) is 0.377. The minimum atomic E-state index is -3.51. The van der Waals surface area contributed by atoms with Crippen molar-refractivity contribution in [3.05, 3.63) is 65.2 Å². The van der Waals surface area contributed by atoms with E-state index in [1.807, 2.05) is 50.2 Å². The fraction of sp³-hybridized carbons (Fsp3) is 0.500. The summed E-state index contributed by atoms with van der Waals surface area (Å²) in [6.45, 7) is 8.92. The number of benzene rings is 2. The summed E-state index contributed by atoms with van der Waals surface area (Å²) in [5.74, 6) is -0.360. The molecule has 7 nitrogen and oxygen atoms in total. The number of amides is 2. The van der Waals surface area contributed by atoms with E-state index in [0.29, 0.717) is 25.2 Å². The Labute approximate surface area is 216 Å². The van der Waals surface area contributed by atoms with Crippen LogP contribution in [-0.2, 0) is 32.6 Å². The van der Waals surface area contributed by atoms with Gasteiger partial charge in [0.15, 0.2) is 0 Å². The van der Waals surface area contributed by atoms with E-state index in [1.165, 1.54) is 10.6 Å². The van der Waals surface area contributed by atoms with Crippen LogP contribution in [0.25, 0.3) is 0 Å². The van der Waals surface area contributed by atoms with Gasteiger partial charge in [0.25, 0.3) is 0 Å². The lowest BCUT2D eigenvalue weighted by molar-refractivity contribution is -0.140. The summed E-state index contributed by atoms with van der Waals surface area (Å²) >= 11 is 0. The summed E-state index contributed by atoms with van der Waals surface area (Å²) in [5, 5.41) is 2.92. The van der Waals surface area contributed by atoms with Gasteiger partial charge in [-0.2, -0.15) is 0 Å². The molecule has 0 unspecified atom stereocenters. The van der Waals surface area contributed by atoms with E-state index in [0.717, 1.165) is 36.0 Å². The smallest absolute Gasteiger partial charge is 0.242 e. The van der Waals surface area contributed by atoms with Gasteiger partial charge in [-0.1, -0.05) is 62.2 Å². The molecule has 0 aliphatic rings. The number of carbonyl (C=O) groups excluding carboxylic acids is 2. The molecule has 0 aromatic heterocycles. The molecule has 1 N–H and O–H groups in total. The Morgan fingerprint density at radius 3 is 2.11 bits per heavy atom. The van der Waals surface area contributed by atoms with Crippen LogP contribution < -0.4 is 9.62 Å². The minimum absolute atomic E-state index is 0.136. The van der Waals surface area contributed by atoms with Gasteiger partial charge in [0.05, 0.1) is 11.9 Å². The second-order valence-corrected chi connectivity index (χ2v) is 11.2. The van der Waals surface area contributed by atoms with Crippen LogP contribution in [0.3, 0.4) is 0 Å². The summed E-state index contributed by atoms with van der Waals surface area (Å²) in [6.07, 6.45) is 4.38. The second-order valence-electron chi connectivity index (χ2n) is 9.29. The SMILES string of the molecule is CCCCNC(=O)[C@@H](C)N(Cc1ccc(C)cc1)C(=O)CCCN(c1ccc(CC)cc1)S(C)(=O)=O. The Bertz CT molecular complexity index is 1080. The van der Waals surface area contributed by atoms with Crippen LogP contribution in [0.4, 0.5) is 5.69 Å². The molecule has 0 saturated carbocycles. The van der Waals surface area contributed by atoms with Crippen molar-refractivity contribution in [1.29, 1.82) is 0 Å². The third kappa shape index (κ3) is 8.97. The van der Waals surface area contributed by atoms with E-state index in [-0.39, 0.29) is 24.8 Å². The van der Waals surface area contributed by atoms with Crippen molar-refractivity contribution in [2.45, 2.75) is 72.4 Å². The Morgan fingerprint density at radius 1 is 0.944 bits per heavy atom. The van der Waals surface area contributed by atoms with Crippen molar-refractivity contribution >= 4 is 27.5 Å². The minimum Gasteiger partial charge on any atom is -0.354 e. The van der Waals surface area contributed by atoms with Crippen LogP contribution in [0.15, 0.2) is 48.5 Å². The van der Waals surface area contributed by atoms with E-state index in [4.69, 9.17) is 0 Å². The molecule has 36 heavy (non-hydrogen) atoms. The summed E-state index contributed by atoms with van der Waals surface area (Å²) < 4.78 is 26.3. The topological polar surface area (TPSA) is 86.8 Å². The molecule has 2 amide bonds. The predicted octanol–water partition coefficient (Wildman–Crippen LogP) is 4.44. The van der Waals surface area contributed by atoms with E-state index in [9.17, 15) is 18.0 Å². The fourth-order valence-corrected chi connectivity index (χ4v) is 4.88. The van der Waals surface area contributed by atoms with Crippen molar-refractivity contribution in [3.8, 4) is 0 Å². The summed E-state index contributed by atoms with van der Waals surface area (Å²) in [4.78, 5) is 27.7. The number of unbranched alkanes of at least 4 members (excludes halogenated alkanes) is 1. The highest BCUT2D eigenvalue weighted by molar-refractivity contribution is 7.92. The van der Waals surface area contributed by atoms with Gasteiger partial charge in [-0.15, -0.1) is 0 Å². The highest BCUT2D eigenvalue weighted by Crippen LogP contribution is 2.20. The number of anilines is 1. The van der Waals surface area contributed by atoms with Crippen LogP contribution in [0.5, 0.6) is 0 Å². The molecule has 1 atom stereocenters. The summed E-state index contributed by atoms with van der Waals surface area (Å²) in [5.41, 5.74) is 3.77. The molecule has 0 heterocycles. The molecule has 0 fully saturated rings. The molecule has 0 radical (unpaired) electrons. The first kappa shape index (κ1) is 29.4. The van der Waals surface area contributed by atoms with Gasteiger partial charge in [0, 0.05) is 26.1 Å². The highest BCUT2D eigenvalue weighted by atomic mass is 32.2. The molecule has 0 aliphatic carbocycles. The maximum atomic E-state index is 13.3. The van der Waals surface area contributed by atoms with E-state index >= 15 is 0 Å². The van der Waals surface area contributed by atoms with Crippen LogP contribution >= 0.6 is 0 Å². The van der Waals surface area contributed by atoms with Crippen molar-refractivity contribution in [3.63, 3.8) is 0 Å². The average molecular weight is 516 g/mol. The third-order valence-electron chi connectivity index (χ3n) is 6.26. The van der Waals surface area contributed by atoms with Gasteiger partial charge >= 0.3 is 0 Å². The molecule has 198 valence electrons. The Hall–Kier alpha value is -2.87. The van der Waals surface area contributed by atoms with Gasteiger partial charge in [-0.05, 0) is 56.4 Å². The van der Waals surface area contributed by atoms with E-state index in [2.05, 4.69) is 12.2 Å². The predicted molar refractivity (Wildman–Crippen MR) is 146 cm³/mol. The second kappa shape index (κ2) is 14.0. The van der Waals surface area contributed by atoms with Gasteiger partial charge in [0.1, 0.15) is 6.04 Å². The normalized spacial score (nSPS) is 12.1. The molecule has 2 aromatic rings. The largest absolute Gasteiger partial charge is 0.354 e. The fourth-order valence-electron chi connectivity index (χ4n) is 3.91. The standard InChI is InChI=1S/C28H41N3O4S/c1-6-8-19-29-28(33)23(4)30(21-25-13-11-22(3)12-14-25)27(32)10-9-20-31(36(5,34)35)26-17-15-24(7-2)16-18-26/h11-18,23H,6-10,19-21H2,1-5H3,(H,29,33)/t23-/m1/s1. The molecule has 2 rings (SSSR count). The van der Waals surface area contributed by atoms with Crippen LogP contribution in [0, 0.1) is 6.92 Å². The van der Waals surface area contributed by atoms with Crippen LogP contribution in [-0.4, -0.2) is 50.5 Å². The van der Waals surface area contributed by atoms with Crippen molar-refractivity contribution in [2.24, 2.45) is 0 Å². The molecule has 8 heteroatoms. The molecule has 0 saturated heterocycles.